The van der Waals surface area contributed by atoms with Gasteiger partial charge >= 0.3 is 0 Å². The lowest BCUT2D eigenvalue weighted by molar-refractivity contribution is -0.384. The molecule has 3 rings (SSSR count). The summed E-state index contributed by atoms with van der Waals surface area (Å²) in [6.07, 6.45) is 2.06. The van der Waals surface area contributed by atoms with E-state index >= 15 is 0 Å². The van der Waals surface area contributed by atoms with Crippen LogP contribution in [0.3, 0.4) is 0 Å². The van der Waals surface area contributed by atoms with Crippen LogP contribution in [0, 0.1) is 10.1 Å². The molecule has 1 fully saturated rings. The van der Waals surface area contributed by atoms with Gasteiger partial charge in [-0.15, -0.1) is 0 Å². The van der Waals surface area contributed by atoms with Crippen molar-refractivity contribution in [3.8, 4) is 5.75 Å². The van der Waals surface area contributed by atoms with E-state index in [0.29, 0.717) is 5.75 Å². The number of nitro benzene ring substituents is 1. The second kappa shape index (κ2) is 7.62. The van der Waals surface area contributed by atoms with Gasteiger partial charge in [0.25, 0.3) is 5.69 Å². The van der Waals surface area contributed by atoms with Crippen LogP contribution in [-0.2, 0) is 4.79 Å². The average molecular weight is 361 g/mol. The number of nitrogens with zero attached hydrogens (tertiary/aromatic N) is 2. The van der Waals surface area contributed by atoms with E-state index in [0.717, 1.165) is 19.4 Å². The molecule has 0 bridgehead atoms. The van der Waals surface area contributed by atoms with Crippen LogP contribution in [0.15, 0.2) is 35.0 Å². The molecule has 1 aliphatic heterocycles. The topological polar surface area (TPSA) is 84.7 Å². The molecule has 1 aromatic heterocycles. The number of anilines is 1. The lowest BCUT2D eigenvalue weighted by atomic mass is 10.1. The van der Waals surface area contributed by atoms with Crippen LogP contribution in [0.4, 0.5) is 11.4 Å². The summed E-state index contributed by atoms with van der Waals surface area (Å²) in [7, 11) is 1.44. The number of hydrogen-bond donors (Lipinski definition) is 1. The van der Waals surface area contributed by atoms with Crippen molar-refractivity contribution in [2.75, 3.05) is 25.5 Å². The number of ether oxygens (including phenoxy) is 1. The van der Waals surface area contributed by atoms with E-state index in [-0.39, 0.29) is 29.9 Å². The van der Waals surface area contributed by atoms with Crippen molar-refractivity contribution in [1.82, 2.24) is 4.90 Å². The number of nitro groups is 1. The van der Waals surface area contributed by atoms with Crippen molar-refractivity contribution in [2.45, 2.75) is 18.9 Å². The second-order valence-electron chi connectivity index (χ2n) is 5.87. The molecule has 1 aromatic carbocycles. The van der Waals surface area contributed by atoms with Crippen molar-refractivity contribution >= 4 is 28.6 Å². The molecular formula is C17H19N3O4S. The molecule has 1 amide bonds. The van der Waals surface area contributed by atoms with Gasteiger partial charge in [-0.1, -0.05) is 0 Å². The Morgan fingerprint density at radius 1 is 1.48 bits per heavy atom. The molecule has 2 heterocycles. The summed E-state index contributed by atoms with van der Waals surface area (Å²) in [6.45, 7) is 1.06. The smallest absolute Gasteiger partial charge is 0.296 e. The maximum atomic E-state index is 12.4. The van der Waals surface area contributed by atoms with Crippen molar-refractivity contribution in [1.29, 1.82) is 0 Å². The molecule has 1 atom stereocenters. The van der Waals surface area contributed by atoms with E-state index in [2.05, 4.69) is 21.7 Å². The summed E-state index contributed by atoms with van der Waals surface area (Å²) in [6, 6.07) is 6.71. The van der Waals surface area contributed by atoms with Crippen molar-refractivity contribution in [3.05, 3.63) is 50.7 Å². The predicted molar refractivity (Wildman–Crippen MR) is 96.1 cm³/mol. The fourth-order valence-corrected chi connectivity index (χ4v) is 3.83. The van der Waals surface area contributed by atoms with Gasteiger partial charge in [0, 0.05) is 6.04 Å². The molecule has 8 heteroatoms. The quantitative estimate of drug-likeness (QED) is 0.629. The van der Waals surface area contributed by atoms with E-state index in [1.165, 1.54) is 24.8 Å². The number of hydrogen-bond acceptors (Lipinski definition) is 6. The number of thiophene rings is 1. The lowest BCUT2D eigenvalue weighted by Gasteiger charge is -2.23. The molecule has 0 radical (unpaired) electrons. The van der Waals surface area contributed by atoms with Crippen LogP contribution in [-0.4, -0.2) is 35.9 Å². The number of benzene rings is 1. The summed E-state index contributed by atoms with van der Waals surface area (Å²) in [5.74, 6) is 0.122. The van der Waals surface area contributed by atoms with Gasteiger partial charge in [-0.05, 0) is 53.9 Å². The summed E-state index contributed by atoms with van der Waals surface area (Å²) in [5, 5.41) is 18.0. The molecule has 132 valence electrons. The Bertz CT molecular complexity index is 763. The highest BCUT2D eigenvalue weighted by Crippen LogP contribution is 2.33. The zero-order valence-electron chi connectivity index (χ0n) is 13.8. The van der Waals surface area contributed by atoms with Crippen LogP contribution in [0.25, 0.3) is 0 Å². The Kier molecular flexibility index (Phi) is 5.30. The first-order chi connectivity index (χ1) is 12.1. The monoisotopic (exact) mass is 361 g/mol. The zero-order chi connectivity index (χ0) is 17.8. The first kappa shape index (κ1) is 17.4. The number of nitrogens with one attached hydrogen (secondary N) is 1. The Balaban J connectivity index is 1.69. The van der Waals surface area contributed by atoms with Crippen LogP contribution >= 0.6 is 11.3 Å². The van der Waals surface area contributed by atoms with Crippen LogP contribution in [0.2, 0.25) is 0 Å². The van der Waals surface area contributed by atoms with Gasteiger partial charge in [-0.2, -0.15) is 11.3 Å². The van der Waals surface area contributed by atoms with Crippen LogP contribution < -0.4 is 10.1 Å². The normalized spacial score (nSPS) is 17.4. The first-order valence-electron chi connectivity index (χ1n) is 7.97. The fraction of sp³-hybridized carbons (Fsp3) is 0.353. The molecule has 1 N–H and O–H groups in total. The molecule has 0 unspecified atom stereocenters. The maximum Gasteiger partial charge on any atom is 0.296 e. The fourth-order valence-electron chi connectivity index (χ4n) is 3.13. The van der Waals surface area contributed by atoms with E-state index in [4.69, 9.17) is 4.74 Å². The maximum absolute atomic E-state index is 12.4. The Morgan fingerprint density at radius 2 is 2.32 bits per heavy atom. The molecule has 0 saturated carbocycles. The predicted octanol–water partition coefficient (Wildman–Crippen LogP) is 3.44. The Labute approximate surface area is 149 Å². The van der Waals surface area contributed by atoms with Crippen molar-refractivity contribution in [2.24, 2.45) is 0 Å². The van der Waals surface area contributed by atoms with Gasteiger partial charge in [0.15, 0.2) is 0 Å². The van der Waals surface area contributed by atoms with Gasteiger partial charge in [0.2, 0.25) is 5.91 Å². The highest BCUT2D eigenvalue weighted by molar-refractivity contribution is 7.07. The van der Waals surface area contributed by atoms with Crippen LogP contribution in [0.5, 0.6) is 5.75 Å². The zero-order valence-corrected chi connectivity index (χ0v) is 14.6. The minimum atomic E-state index is -0.526. The summed E-state index contributed by atoms with van der Waals surface area (Å²) in [4.78, 5) is 25.2. The van der Waals surface area contributed by atoms with E-state index in [9.17, 15) is 14.9 Å². The van der Waals surface area contributed by atoms with Crippen molar-refractivity contribution in [3.63, 3.8) is 0 Å². The number of amides is 1. The third-order valence-corrected chi connectivity index (χ3v) is 5.02. The van der Waals surface area contributed by atoms with Gasteiger partial charge in [0.1, 0.15) is 11.4 Å². The largest absolute Gasteiger partial charge is 0.496 e. The second-order valence-corrected chi connectivity index (χ2v) is 6.65. The molecule has 1 aliphatic rings. The van der Waals surface area contributed by atoms with E-state index in [1.807, 2.05) is 5.38 Å². The number of carbonyl (C=O) groups is 1. The van der Waals surface area contributed by atoms with Gasteiger partial charge in [-0.25, -0.2) is 0 Å². The molecule has 0 spiro atoms. The molecule has 1 saturated heterocycles. The van der Waals surface area contributed by atoms with E-state index < -0.39 is 4.92 Å². The molecule has 25 heavy (non-hydrogen) atoms. The average Bonchev–Trinajstić information content (AvgIpc) is 3.26. The third-order valence-electron chi connectivity index (χ3n) is 4.31. The molecule has 2 aromatic rings. The standard InChI is InChI=1S/C17H19N3O4S/c1-24-13-4-5-14(16(9-13)20(22)23)18-17(21)10-19-7-2-3-15(19)12-6-8-25-11-12/h4-6,8-9,11,15H,2-3,7,10H2,1H3,(H,18,21)/t15-/m1/s1. The number of carbonyl (C=O) groups excluding carboxylic acids is 1. The Morgan fingerprint density at radius 3 is 3.00 bits per heavy atom. The molecule has 0 aliphatic carbocycles. The summed E-state index contributed by atoms with van der Waals surface area (Å²) in [5.41, 5.74) is 1.23. The van der Waals surface area contributed by atoms with E-state index in [1.54, 1.807) is 17.4 Å². The van der Waals surface area contributed by atoms with Gasteiger partial charge in [-0.3, -0.25) is 19.8 Å². The number of methoxy groups -OCH3 is 1. The first-order valence-corrected chi connectivity index (χ1v) is 8.91. The SMILES string of the molecule is COc1ccc(NC(=O)CN2CCC[C@@H]2c2ccsc2)c([N+](=O)[O-])c1. The number of likely N-dealkylation sites (tertiary alicyclic amines) is 1. The highest BCUT2D eigenvalue weighted by Gasteiger charge is 2.28. The van der Waals surface area contributed by atoms with Crippen LogP contribution in [0.1, 0.15) is 24.4 Å². The van der Waals surface area contributed by atoms with Crippen molar-refractivity contribution < 1.29 is 14.5 Å². The minimum absolute atomic E-state index is 0.177. The third kappa shape index (κ3) is 3.97. The molecule has 7 nitrogen and oxygen atoms in total. The number of rotatable bonds is 6. The summed E-state index contributed by atoms with van der Waals surface area (Å²) >= 11 is 1.64. The van der Waals surface area contributed by atoms with Gasteiger partial charge in [0.05, 0.1) is 24.6 Å². The van der Waals surface area contributed by atoms with Gasteiger partial charge < -0.3 is 10.1 Å². The highest BCUT2D eigenvalue weighted by atomic mass is 32.1. The minimum Gasteiger partial charge on any atom is -0.496 e. The Hall–Kier alpha value is -2.45. The lowest BCUT2D eigenvalue weighted by Crippen LogP contribution is -2.32. The molecular weight excluding hydrogens is 342 g/mol. The summed E-state index contributed by atoms with van der Waals surface area (Å²) < 4.78 is 5.00.